The first-order valence-corrected chi connectivity index (χ1v) is 9.87. The number of ether oxygens (including phenoxy) is 1. The van der Waals surface area contributed by atoms with Gasteiger partial charge >= 0.3 is 0 Å². The van der Waals surface area contributed by atoms with Gasteiger partial charge in [-0.25, -0.2) is 4.99 Å². The number of hydrogen-bond acceptors (Lipinski definition) is 3. The Morgan fingerprint density at radius 1 is 1.14 bits per heavy atom. The predicted molar refractivity (Wildman–Crippen MR) is 92.5 cm³/mol. The molecule has 0 saturated heterocycles. The molecule has 22 heavy (non-hydrogen) atoms. The molecule has 1 spiro atoms. The van der Waals surface area contributed by atoms with Gasteiger partial charge in [-0.15, -0.1) is 0 Å². The third kappa shape index (κ3) is 3.76. The lowest BCUT2D eigenvalue weighted by Gasteiger charge is -2.34. The van der Waals surface area contributed by atoms with Crippen LogP contribution >= 0.6 is 11.8 Å². The van der Waals surface area contributed by atoms with Crippen molar-refractivity contribution in [1.29, 1.82) is 0 Å². The van der Waals surface area contributed by atoms with Crippen LogP contribution in [0.3, 0.4) is 0 Å². The molecule has 2 fully saturated rings. The number of aliphatic imine (C=N–C) groups is 1. The van der Waals surface area contributed by atoms with Crippen molar-refractivity contribution in [1.82, 2.24) is 0 Å². The molecule has 1 amide bonds. The quantitative estimate of drug-likeness (QED) is 0.753. The van der Waals surface area contributed by atoms with E-state index in [0.29, 0.717) is 0 Å². The van der Waals surface area contributed by atoms with E-state index >= 15 is 0 Å². The Morgan fingerprint density at radius 2 is 1.86 bits per heavy atom. The fraction of sp³-hybridized carbons (Fsp3) is 0.889. The molecule has 0 N–H and O–H groups in total. The molecule has 2 unspecified atom stereocenters. The normalized spacial score (nSPS) is 34.5. The SMILES string of the molecule is COC1CCCC2(C1)SC(CC1CCCCCCC1)=NC2=O. The van der Waals surface area contributed by atoms with Crippen molar-refractivity contribution in [2.45, 2.75) is 87.9 Å². The number of thioether (sulfide) groups is 1. The topological polar surface area (TPSA) is 38.7 Å². The first kappa shape index (κ1) is 16.5. The van der Waals surface area contributed by atoms with Crippen LogP contribution in [0.25, 0.3) is 0 Å². The number of carbonyl (C=O) groups is 1. The molecule has 124 valence electrons. The highest BCUT2D eigenvalue weighted by molar-refractivity contribution is 8.16. The van der Waals surface area contributed by atoms with E-state index < -0.39 is 0 Å². The Balaban J connectivity index is 1.59. The molecule has 1 heterocycles. The first-order chi connectivity index (χ1) is 10.7. The maximum atomic E-state index is 12.5. The maximum absolute atomic E-state index is 12.5. The van der Waals surface area contributed by atoms with Crippen molar-refractivity contribution in [3.63, 3.8) is 0 Å². The van der Waals surface area contributed by atoms with Gasteiger partial charge in [0.2, 0.25) is 0 Å². The summed E-state index contributed by atoms with van der Waals surface area (Å²) in [5.41, 5.74) is 0. The average Bonchev–Trinajstić information content (AvgIpc) is 2.77. The van der Waals surface area contributed by atoms with E-state index in [1.165, 1.54) is 44.9 Å². The van der Waals surface area contributed by atoms with Gasteiger partial charge < -0.3 is 4.74 Å². The third-order valence-electron chi connectivity index (χ3n) is 5.61. The number of methoxy groups -OCH3 is 1. The molecule has 0 aromatic heterocycles. The number of carbonyl (C=O) groups excluding carboxylic acids is 1. The second-order valence-corrected chi connectivity index (χ2v) is 8.73. The van der Waals surface area contributed by atoms with Gasteiger partial charge in [-0.1, -0.05) is 56.7 Å². The zero-order chi connectivity index (χ0) is 15.4. The van der Waals surface area contributed by atoms with Crippen molar-refractivity contribution in [2.24, 2.45) is 10.9 Å². The molecule has 4 heteroatoms. The number of amides is 1. The molecule has 0 radical (unpaired) electrons. The molecule has 2 atom stereocenters. The van der Waals surface area contributed by atoms with Crippen molar-refractivity contribution in [3.8, 4) is 0 Å². The van der Waals surface area contributed by atoms with Crippen molar-refractivity contribution in [2.75, 3.05) is 7.11 Å². The summed E-state index contributed by atoms with van der Waals surface area (Å²) in [4.78, 5) is 17.0. The zero-order valence-electron chi connectivity index (χ0n) is 13.8. The van der Waals surface area contributed by atoms with Gasteiger partial charge in [-0.05, 0) is 38.0 Å². The Hall–Kier alpha value is -0.350. The summed E-state index contributed by atoms with van der Waals surface area (Å²) < 4.78 is 5.24. The first-order valence-electron chi connectivity index (χ1n) is 9.06. The van der Waals surface area contributed by atoms with Crippen LogP contribution in [-0.2, 0) is 9.53 Å². The van der Waals surface area contributed by atoms with Gasteiger partial charge in [0.1, 0.15) is 4.75 Å². The number of hydrogen-bond donors (Lipinski definition) is 0. The summed E-state index contributed by atoms with van der Waals surface area (Å²) in [6.07, 6.45) is 14.8. The highest BCUT2D eigenvalue weighted by atomic mass is 32.2. The van der Waals surface area contributed by atoms with Crippen LogP contribution in [0.15, 0.2) is 4.99 Å². The predicted octanol–water partition coefficient (Wildman–Crippen LogP) is 4.74. The summed E-state index contributed by atoms with van der Waals surface area (Å²) in [6, 6.07) is 0. The summed E-state index contributed by atoms with van der Waals surface area (Å²) in [5.74, 6) is 0.872. The average molecular weight is 324 g/mol. The molecule has 2 aliphatic carbocycles. The van der Waals surface area contributed by atoms with Crippen LogP contribution in [-0.4, -0.2) is 28.9 Å². The lowest BCUT2D eigenvalue weighted by molar-refractivity contribution is -0.121. The van der Waals surface area contributed by atoms with Crippen molar-refractivity contribution < 1.29 is 9.53 Å². The Morgan fingerprint density at radius 3 is 2.59 bits per heavy atom. The number of rotatable bonds is 3. The molecule has 0 aromatic carbocycles. The van der Waals surface area contributed by atoms with Gasteiger partial charge in [-0.2, -0.15) is 0 Å². The van der Waals surface area contributed by atoms with E-state index in [1.54, 1.807) is 18.9 Å². The van der Waals surface area contributed by atoms with Crippen LogP contribution in [0.2, 0.25) is 0 Å². The second-order valence-electron chi connectivity index (χ2n) is 7.28. The van der Waals surface area contributed by atoms with Gasteiger partial charge in [0, 0.05) is 7.11 Å². The molecule has 3 rings (SSSR count). The fourth-order valence-corrected chi connectivity index (χ4v) is 5.81. The van der Waals surface area contributed by atoms with E-state index in [9.17, 15) is 4.79 Å². The van der Waals surface area contributed by atoms with Crippen LogP contribution in [0.5, 0.6) is 0 Å². The molecule has 3 aliphatic rings. The lowest BCUT2D eigenvalue weighted by Crippen LogP contribution is -2.39. The summed E-state index contributed by atoms with van der Waals surface area (Å²) in [5, 5.41) is 1.12. The standard InChI is InChI=1S/C18H29NO2S/c1-21-15-10-7-11-18(13-15)17(20)19-16(22-18)12-14-8-5-3-2-4-6-9-14/h14-15H,2-13H2,1H3. The maximum Gasteiger partial charge on any atom is 0.263 e. The van der Waals surface area contributed by atoms with Gasteiger partial charge in [-0.3, -0.25) is 4.79 Å². The molecular weight excluding hydrogens is 294 g/mol. The molecule has 2 saturated carbocycles. The van der Waals surface area contributed by atoms with E-state index in [4.69, 9.17) is 4.74 Å². The smallest absolute Gasteiger partial charge is 0.263 e. The Kier molecular flexibility index (Phi) is 5.61. The largest absolute Gasteiger partial charge is 0.381 e. The monoisotopic (exact) mass is 323 g/mol. The Bertz CT molecular complexity index is 429. The summed E-state index contributed by atoms with van der Waals surface area (Å²) >= 11 is 1.79. The minimum atomic E-state index is -0.282. The minimum absolute atomic E-state index is 0.125. The van der Waals surface area contributed by atoms with E-state index in [0.717, 1.165) is 43.1 Å². The molecule has 3 nitrogen and oxygen atoms in total. The van der Waals surface area contributed by atoms with Crippen LogP contribution < -0.4 is 0 Å². The molecular formula is C18H29NO2S. The zero-order valence-corrected chi connectivity index (χ0v) is 14.6. The summed E-state index contributed by atoms with van der Waals surface area (Å²) in [6.45, 7) is 0. The van der Waals surface area contributed by atoms with E-state index in [1.807, 2.05) is 0 Å². The van der Waals surface area contributed by atoms with Crippen molar-refractivity contribution >= 4 is 22.7 Å². The summed E-state index contributed by atoms with van der Waals surface area (Å²) in [7, 11) is 1.77. The molecule has 0 aromatic rings. The highest BCUT2D eigenvalue weighted by Gasteiger charge is 2.48. The van der Waals surface area contributed by atoms with Crippen LogP contribution in [0.4, 0.5) is 0 Å². The van der Waals surface area contributed by atoms with Crippen LogP contribution in [0.1, 0.15) is 77.0 Å². The Labute approximate surface area is 138 Å². The molecule has 0 bridgehead atoms. The van der Waals surface area contributed by atoms with E-state index in [2.05, 4.69) is 4.99 Å². The minimum Gasteiger partial charge on any atom is -0.381 e. The van der Waals surface area contributed by atoms with Crippen LogP contribution in [0, 0.1) is 5.92 Å². The fourth-order valence-electron chi connectivity index (χ4n) is 4.26. The van der Waals surface area contributed by atoms with Gasteiger partial charge in [0.05, 0.1) is 11.1 Å². The number of nitrogens with zero attached hydrogens (tertiary/aromatic N) is 1. The van der Waals surface area contributed by atoms with Gasteiger partial charge in [0.25, 0.3) is 5.91 Å². The van der Waals surface area contributed by atoms with E-state index in [-0.39, 0.29) is 16.8 Å². The second kappa shape index (κ2) is 7.48. The van der Waals surface area contributed by atoms with Gasteiger partial charge in [0.15, 0.2) is 0 Å². The third-order valence-corrected chi connectivity index (χ3v) is 7.04. The van der Waals surface area contributed by atoms with Crippen molar-refractivity contribution in [3.05, 3.63) is 0 Å². The lowest BCUT2D eigenvalue weighted by atomic mass is 9.85. The highest BCUT2D eigenvalue weighted by Crippen LogP contribution is 2.47. The molecule has 1 aliphatic heterocycles.